The van der Waals surface area contributed by atoms with Crippen LogP contribution in [0.1, 0.15) is 22.3 Å². The maximum absolute atomic E-state index is 9.83. The molecule has 0 spiro atoms. The first-order chi connectivity index (χ1) is 11.3. The first-order valence-corrected chi connectivity index (χ1v) is 7.62. The summed E-state index contributed by atoms with van der Waals surface area (Å²) in [7, 11) is 0. The fraction of sp³-hybridized carbons (Fsp3) is 0.0455. The fourth-order valence-electron chi connectivity index (χ4n) is 2.65. The highest BCUT2D eigenvalue weighted by Gasteiger charge is 2.13. The Kier molecular flexibility index (Phi) is 4.36. The van der Waals surface area contributed by atoms with Crippen molar-refractivity contribution in [3.8, 4) is 6.07 Å². The van der Waals surface area contributed by atoms with Gasteiger partial charge in [-0.1, -0.05) is 90.5 Å². The summed E-state index contributed by atoms with van der Waals surface area (Å²) in [6, 6.07) is 30.7. The number of aryl methyl sites for hydroxylation is 1. The van der Waals surface area contributed by atoms with E-state index in [9.17, 15) is 5.26 Å². The number of hydrogen-bond acceptors (Lipinski definition) is 1. The molecule has 3 rings (SSSR count). The molecule has 0 N–H and O–H groups in total. The van der Waals surface area contributed by atoms with Gasteiger partial charge in [0.2, 0.25) is 0 Å². The van der Waals surface area contributed by atoms with Crippen LogP contribution in [0.15, 0.2) is 84.9 Å². The molecular formula is C22H17N. The van der Waals surface area contributed by atoms with Gasteiger partial charge < -0.3 is 0 Å². The Balaban J connectivity index is 2.28. The highest BCUT2D eigenvalue weighted by molar-refractivity contribution is 6.03. The van der Waals surface area contributed by atoms with Gasteiger partial charge in [-0.3, -0.25) is 0 Å². The second kappa shape index (κ2) is 6.77. The van der Waals surface area contributed by atoms with E-state index >= 15 is 0 Å². The zero-order chi connectivity index (χ0) is 16.1. The SMILES string of the molecule is Cc1ccc(C(C#N)=C(c2ccccc2)c2ccccc2)cc1. The highest BCUT2D eigenvalue weighted by atomic mass is 14.3. The molecule has 3 aromatic rings. The molecule has 3 aromatic carbocycles. The molecule has 0 fully saturated rings. The highest BCUT2D eigenvalue weighted by Crippen LogP contribution is 2.31. The zero-order valence-electron chi connectivity index (χ0n) is 13.0. The van der Waals surface area contributed by atoms with Crippen LogP contribution >= 0.6 is 0 Å². The van der Waals surface area contributed by atoms with Crippen molar-refractivity contribution in [1.82, 2.24) is 0 Å². The predicted octanol–water partition coefficient (Wildman–Crippen LogP) is 5.48. The Bertz CT molecular complexity index is 810. The molecule has 0 aliphatic carbocycles. The van der Waals surface area contributed by atoms with Crippen molar-refractivity contribution >= 4 is 11.1 Å². The Morgan fingerprint density at radius 1 is 0.652 bits per heavy atom. The molecule has 0 amide bonds. The largest absolute Gasteiger partial charge is 0.192 e. The van der Waals surface area contributed by atoms with Crippen molar-refractivity contribution in [2.45, 2.75) is 6.92 Å². The number of nitrogens with zero attached hydrogens (tertiary/aromatic N) is 1. The standard InChI is InChI=1S/C22H17N/c1-17-12-14-18(15-13-17)21(16-23)22(19-8-4-2-5-9-19)20-10-6-3-7-11-20/h2-15H,1H3. The van der Waals surface area contributed by atoms with Gasteiger partial charge in [-0.15, -0.1) is 0 Å². The van der Waals surface area contributed by atoms with Crippen molar-refractivity contribution in [3.63, 3.8) is 0 Å². The lowest BCUT2D eigenvalue weighted by molar-refractivity contribution is 1.44. The quantitative estimate of drug-likeness (QED) is 0.464. The van der Waals surface area contributed by atoms with E-state index < -0.39 is 0 Å². The third kappa shape index (κ3) is 3.22. The Morgan fingerprint density at radius 2 is 1.13 bits per heavy atom. The normalized spacial score (nSPS) is 9.91. The van der Waals surface area contributed by atoms with Crippen molar-refractivity contribution in [2.75, 3.05) is 0 Å². The Labute approximate surface area is 137 Å². The summed E-state index contributed by atoms with van der Waals surface area (Å²) < 4.78 is 0. The summed E-state index contributed by atoms with van der Waals surface area (Å²) in [5.74, 6) is 0. The number of benzene rings is 3. The van der Waals surface area contributed by atoms with Crippen molar-refractivity contribution in [3.05, 3.63) is 107 Å². The van der Waals surface area contributed by atoms with Crippen LogP contribution in [-0.2, 0) is 0 Å². The molecule has 1 nitrogen and oxygen atoms in total. The monoisotopic (exact) mass is 295 g/mol. The van der Waals surface area contributed by atoms with Crippen LogP contribution in [0.25, 0.3) is 11.1 Å². The molecule has 0 atom stereocenters. The average molecular weight is 295 g/mol. The van der Waals surface area contributed by atoms with Gasteiger partial charge in [0.25, 0.3) is 0 Å². The summed E-state index contributed by atoms with van der Waals surface area (Å²) in [6.07, 6.45) is 0. The lowest BCUT2D eigenvalue weighted by Gasteiger charge is -2.12. The van der Waals surface area contributed by atoms with Gasteiger partial charge in [0, 0.05) is 5.57 Å². The van der Waals surface area contributed by atoms with Crippen LogP contribution in [0.3, 0.4) is 0 Å². The summed E-state index contributed by atoms with van der Waals surface area (Å²) in [5.41, 5.74) is 5.90. The summed E-state index contributed by atoms with van der Waals surface area (Å²) in [4.78, 5) is 0. The molecule has 0 aliphatic rings. The molecule has 0 saturated carbocycles. The van der Waals surface area contributed by atoms with E-state index in [-0.39, 0.29) is 0 Å². The minimum absolute atomic E-state index is 0.697. The first kappa shape index (κ1) is 14.8. The third-order valence-corrected chi connectivity index (χ3v) is 3.83. The minimum Gasteiger partial charge on any atom is -0.192 e. The molecule has 23 heavy (non-hydrogen) atoms. The second-order valence-corrected chi connectivity index (χ2v) is 5.46. The number of nitriles is 1. The van der Waals surface area contributed by atoms with Gasteiger partial charge in [-0.25, -0.2) is 0 Å². The Hall–Kier alpha value is -3.11. The molecule has 1 heteroatoms. The summed E-state index contributed by atoms with van der Waals surface area (Å²) >= 11 is 0. The van der Waals surface area contributed by atoms with Gasteiger partial charge in [-0.2, -0.15) is 5.26 Å². The van der Waals surface area contributed by atoms with Gasteiger partial charge in [0.1, 0.15) is 6.07 Å². The fourth-order valence-corrected chi connectivity index (χ4v) is 2.65. The molecule has 110 valence electrons. The van der Waals surface area contributed by atoms with Crippen molar-refractivity contribution < 1.29 is 0 Å². The van der Waals surface area contributed by atoms with Crippen molar-refractivity contribution in [1.29, 1.82) is 5.26 Å². The topological polar surface area (TPSA) is 23.8 Å². The van der Waals surface area contributed by atoms with Crippen LogP contribution < -0.4 is 0 Å². The van der Waals surface area contributed by atoms with E-state index in [2.05, 4.69) is 13.0 Å². The smallest absolute Gasteiger partial charge is 0.100 e. The van der Waals surface area contributed by atoms with Crippen LogP contribution in [0, 0.1) is 18.3 Å². The summed E-state index contributed by atoms with van der Waals surface area (Å²) in [5, 5.41) is 9.83. The zero-order valence-corrected chi connectivity index (χ0v) is 13.0. The Morgan fingerprint density at radius 3 is 1.57 bits per heavy atom. The van der Waals surface area contributed by atoms with E-state index in [1.807, 2.05) is 84.9 Å². The maximum Gasteiger partial charge on any atom is 0.100 e. The number of allylic oxidation sites excluding steroid dienone is 1. The first-order valence-electron chi connectivity index (χ1n) is 7.62. The molecule has 0 radical (unpaired) electrons. The molecule has 0 aromatic heterocycles. The third-order valence-electron chi connectivity index (χ3n) is 3.83. The molecule has 0 bridgehead atoms. The van der Waals surface area contributed by atoms with Gasteiger partial charge in [0.05, 0.1) is 5.57 Å². The average Bonchev–Trinajstić information content (AvgIpc) is 2.62. The van der Waals surface area contributed by atoms with E-state index in [1.165, 1.54) is 5.56 Å². The van der Waals surface area contributed by atoms with Crippen LogP contribution in [0.2, 0.25) is 0 Å². The van der Waals surface area contributed by atoms with Gasteiger partial charge >= 0.3 is 0 Å². The molecule has 0 saturated heterocycles. The lowest BCUT2D eigenvalue weighted by atomic mass is 9.90. The molecule has 0 heterocycles. The molecule has 0 aliphatic heterocycles. The predicted molar refractivity (Wildman–Crippen MR) is 95.6 cm³/mol. The molecule has 0 unspecified atom stereocenters. The number of rotatable bonds is 3. The number of hydrogen-bond donors (Lipinski definition) is 0. The van der Waals surface area contributed by atoms with E-state index in [0.717, 1.165) is 22.3 Å². The van der Waals surface area contributed by atoms with Gasteiger partial charge in [0.15, 0.2) is 0 Å². The van der Waals surface area contributed by atoms with Crippen LogP contribution in [-0.4, -0.2) is 0 Å². The van der Waals surface area contributed by atoms with E-state index in [1.54, 1.807) is 0 Å². The van der Waals surface area contributed by atoms with E-state index in [0.29, 0.717) is 5.57 Å². The molecular weight excluding hydrogens is 278 g/mol. The van der Waals surface area contributed by atoms with Gasteiger partial charge in [-0.05, 0) is 23.6 Å². The lowest BCUT2D eigenvalue weighted by Crippen LogP contribution is -1.94. The second-order valence-electron chi connectivity index (χ2n) is 5.46. The van der Waals surface area contributed by atoms with Crippen molar-refractivity contribution in [2.24, 2.45) is 0 Å². The summed E-state index contributed by atoms with van der Waals surface area (Å²) in [6.45, 7) is 2.05. The van der Waals surface area contributed by atoms with Crippen LogP contribution in [0.4, 0.5) is 0 Å². The van der Waals surface area contributed by atoms with E-state index in [4.69, 9.17) is 0 Å². The van der Waals surface area contributed by atoms with Crippen LogP contribution in [0.5, 0.6) is 0 Å². The minimum atomic E-state index is 0.697. The maximum atomic E-state index is 9.83.